The molecule has 0 bridgehead atoms. The molecule has 6 aliphatic heterocycles. The van der Waals surface area contributed by atoms with Gasteiger partial charge in [0.05, 0.1) is 11.4 Å². The first-order chi connectivity index (χ1) is 44.2. The average Bonchev–Trinajstić information content (AvgIpc) is 0.739. The van der Waals surface area contributed by atoms with Gasteiger partial charge in [-0.2, -0.15) is 0 Å². The standard InChI is InChI=1S/C78H49B3N4O4/c1-7-25-50(26-8-1)82(51-27-9-2-10-28-51)56-43-65-74-66(44-56)85(55-35-17-6-18-36-55)64-48-69-62(47-61(64)79(74)58-37-19-22-40-63(58)84(65)54-33-15-5-16-34-54)80-59-38-20-24-42-68(59)89-78-76(80)72(87-69)49-73-77(78)81-60-39-21-23-41-67(60)86-70-45-57(46-71(88-73)75(70)81)83(52-29-11-3-12-30-52)53-31-13-4-14-32-53/h1-49H. The Hall–Kier alpha value is -11.5. The van der Waals surface area contributed by atoms with Crippen LogP contribution in [0.2, 0.25) is 0 Å². The molecule has 0 unspecified atom stereocenters. The number of nitrogens with zero attached hydrogens (tertiary/aromatic N) is 4. The van der Waals surface area contributed by atoms with Crippen molar-refractivity contribution in [3.8, 4) is 46.0 Å². The van der Waals surface area contributed by atoms with Gasteiger partial charge in [0.15, 0.2) is 0 Å². The highest BCUT2D eigenvalue weighted by Crippen LogP contribution is 2.51. The number of ether oxygens (including phenoxy) is 4. The van der Waals surface area contributed by atoms with E-state index in [4.69, 9.17) is 18.9 Å². The third-order valence-electron chi connectivity index (χ3n) is 18.6. The van der Waals surface area contributed by atoms with E-state index in [1.807, 2.05) is 18.2 Å². The lowest BCUT2D eigenvalue weighted by Crippen LogP contribution is -2.65. The molecular formula is C78H49B3N4O4. The van der Waals surface area contributed by atoms with Crippen molar-refractivity contribution in [2.24, 2.45) is 0 Å². The normalized spacial score (nSPS) is 13.4. The molecule has 8 nitrogen and oxygen atoms in total. The van der Waals surface area contributed by atoms with Crippen LogP contribution in [0.25, 0.3) is 0 Å². The summed E-state index contributed by atoms with van der Waals surface area (Å²) in [5.41, 5.74) is 22.2. The first-order valence-corrected chi connectivity index (χ1v) is 30.4. The van der Waals surface area contributed by atoms with E-state index >= 15 is 0 Å². The third kappa shape index (κ3) is 7.52. The van der Waals surface area contributed by atoms with Gasteiger partial charge in [-0.25, -0.2) is 0 Å². The third-order valence-corrected chi connectivity index (χ3v) is 18.6. The van der Waals surface area contributed by atoms with E-state index in [0.29, 0.717) is 17.2 Å². The highest BCUT2D eigenvalue weighted by atomic mass is 16.5. The van der Waals surface area contributed by atoms with Crippen molar-refractivity contribution < 1.29 is 18.9 Å². The Morgan fingerprint density at radius 1 is 0.225 bits per heavy atom. The second kappa shape index (κ2) is 19.5. The maximum absolute atomic E-state index is 7.58. The van der Waals surface area contributed by atoms with Crippen LogP contribution in [0.1, 0.15) is 0 Å². The molecule has 0 saturated heterocycles. The predicted molar refractivity (Wildman–Crippen MR) is 365 cm³/mol. The van der Waals surface area contributed by atoms with Crippen molar-refractivity contribution in [3.63, 3.8) is 0 Å². The van der Waals surface area contributed by atoms with Crippen LogP contribution in [0, 0.1) is 0 Å². The lowest BCUT2D eigenvalue weighted by molar-refractivity contribution is 0.442. The zero-order valence-electron chi connectivity index (χ0n) is 47.9. The monoisotopic (exact) mass is 1140 g/mol. The van der Waals surface area contributed by atoms with Gasteiger partial charge in [-0.05, 0) is 136 Å². The Labute approximate surface area is 516 Å². The highest BCUT2D eigenvalue weighted by Gasteiger charge is 2.51. The summed E-state index contributed by atoms with van der Waals surface area (Å²) in [7, 11) is 0. The number of fused-ring (bicyclic) bond motifs is 13. The van der Waals surface area contributed by atoms with Gasteiger partial charge in [-0.1, -0.05) is 170 Å². The molecule has 0 spiro atoms. The Bertz CT molecular complexity index is 4950. The van der Waals surface area contributed by atoms with Gasteiger partial charge >= 0.3 is 0 Å². The largest absolute Gasteiger partial charge is 0.459 e. The topological polar surface area (TPSA) is 49.9 Å². The molecule has 0 N–H and O–H groups in total. The lowest BCUT2D eigenvalue weighted by atomic mass is 9.29. The van der Waals surface area contributed by atoms with Gasteiger partial charge in [-0.15, -0.1) is 0 Å². The smallest absolute Gasteiger partial charge is 0.265 e. The number of rotatable bonds is 8. The van der Waals surface area contributed by atoms with E-state index in [-0.39, 0.29) is 20.1 Å². The van der Waals surface area contributed by atoms with Gasteiger partial charge in [0.25, 0.3) is 20.1 Å². The van der Waals surface area contributed by atoms with E-state index in [1.54, 1.807) is 0 Å². The minimum Gasteiger partial charge on any atom is -0.459 e. The van der Waals surface area contributed by atoms with Crippen molar-refractivity contribution in [1.82, 2.24) is 0 Å². The molecule has 0 amide bonds. The number of benzene rings is 13. The molecule has 11 heteroatoms. The maximum Gasteiger partial charge on any atom is 0.265 e. The number of anilines is 12. The molecule has 6 aliphatic rings. The molecule has 13 aromatic carbocycles. The molecule has 0 saturated carbocycles. The second-order valence-electron chi connectivity index (χ2n) is 23.4. The summed E-state index contributed by atoms with van der Waals surface area (Å²) < 4.78 is 29.4. The van der Waals surface area contributed by atoms with Crippen molar-refractivity contribution in [3.05, 3.63) is 297 Å². The van der Waals surface area contributed by atoms with E-state index in [2.05, 4.69) is 299 Å². The van der Waals surface area contributed by atoms with Crippen LogP contribution in [-0.2, 0) is 0 Å². The minimum atomic E-state index is -0.300. The molecule has 0 aromatic heterocycles. The summed E-state index contributed by atoms with van der Waals surface area (Å²) in [6.45, 7) is -0.754. The fraction of sp³-hybridized carbons (Fsp3) is 0. The van der Waals surface area contributed by atoms with Crippen LogP contribution in [0.15, 0.2) is 297 Å². The summed E-state index contributed by atoms with van der Waals surface area (Å²) in [6.07, 6.45) is 0. The first kappa shape index (κ1) is 49.7. The minimum absolute atomic E-state index is 0.182. The van der Waals surface area contributed by atoms with Gasteiger partial charge in [0, 0.05) is 97.5 Å². The van der Waals surface area contributed by atoms with Crippen molar-refractivity contribution in [1.29, 1.82) is 0 Å². The highest BCUT2D eigenvalue weighted by molar-refractivity contribution is 7.03. The Morgan fingerprint density at radius 2 is 0.618 bits per heavy atom. The van der Waals surface area contributed by atoms with Gasteiger partial charge in [-0.3, -0.25) is 0 Å². The van der Waals surface area contributed by atoms with Crippen LogP contribution in [0.4, 0.5) is 68.2 Å². The molecular weight excluding hydrogens is 1090 g/mol. The second-order valence-corrected chi connectivity index (χ2v) is 23.4. The summed E-state index contributed by atoms with van der Waals surface area (Å²) in [6, 6.07) is 106. The Kier molecular flexibility index (Phi) is 10.9. The fourth-order valence-electron chi connectivity index (χ4n) is 15.0. The Balaban J connectivity index is 0.847. The van der Waals surface area contributed by atoms with Crippen molar-refractivity contribution >= 4 is 138 Å². The summed E-state index contributed by atoms with van der Waals surface area (Å²) in [4.78, 5) is 9.58. The van der Waals surface area contributed by atoms with Crippen LogP contribution in [0.3, 0.4) is 0 Å². The van der Waals surface area contributed by atoms with Crippen molar-refractivity contribution in [2.75, 3.05) is 19.6 Å². The Morgan fingerprint density at radius 3 is 1.17 bits per heavy atom. The molecule has 0 radical (unpaired) electrons. The zero-order chi connectivity index (χ0) is 58.3. The summed E-state index contributed by atoms with van der Waals surface area (Å²) in [5, 5.41) is 0. The molecule has 89 heavy (non-hydrogen) atoms. The van der Waals surface area contributed by atoms with E-state index < -0.39 is 0 Å². The zero-order valence-corrected chi connectivity index (χ0v) is 47.9. The molecule has 6 heterocycles. The van der Waals surface area contributed by atoms with Crippen LogP contribution in [0.5, 0.6) is 46.0 Å². The van der Waals surface area contributed by atoms with E-state index in [9.17, 15) is 0 Å². The SMILES string of the molecule is c1ccc(N(c2ccccc2)c2cc3c4c(c2)Oc2cc5c6c(c2B4c2ccccc2O3)Oc2ccccc2B6c2cc3c(cc2O5)N(c2ccccc2)c2cc(N(c4ccccc4)c4ccccc4)cc4c2B3c2ccccc2N4c2ccccc2)cc1. The van der Waals surface area contributed by atoms with Gasteiger partial charge < -0.3 is 38.5 Å². The van der Waals surface area contributed by atoms with Crippen LogP contribution < -0.4 is 87.7 Å². The molecule has 13 aromatic rings. The molecule has 19 rings (SSSR count). The molecule has 0 fully saturated rings. The first-order valence-electron chi connectivity index (χ1n) is 30.4. The summed E-state index contributed by atoms with van der Waals surface area (Å²) in [5.74, 6) is 5.91. The van der Waals surface area contributed by atoms with Crippen LogP contribution >= 0.6 is 0 Å². The fourth-order valence-corrected chi connectivity index (χ4v) is 15.0. The summed E-state index contributed by atoms with van der Waals surface area (Å²) >= 11 is 0. The predicted octanol–water partition coefficient (Wildman–Crippen LogP) is 14.2. The van der Waals surface area contributed by atoms with Crippen LogP contribution in [-0.4, -0.2) is 20.1 Å². The number of para-hydroxylation sites is 9. The number of hydrogen-bond acceptors (Lipinski definition) is 8. The quantitative estimate of drug-likeness (QED) is 0.140. The van der Waals surface area contributed by atoms with Crippen molar-refractivity contribution in [2.45, 2.75) is 0 Å². The maximum atomic E-state index is 7.58. The molecule has 0 atom stereocenters. The lowest BCUT2D eigenvalue weighted by Gasteiger charge is -2.45. The molecule has 414 valence electrons. The molecule has 0 aliphatic carbocycles. The average molecular weight is 1140 g/mol. The number of hydrogen-bond donors (Lipinski definition) is 0. The van der Waals surface area contributed by atoms with E-state index in [0.717, 1.165) is 130 Å². The van der Waals surface area contributed by atoms with E-state index in [1.165, 1.54) is 16.4 Å². The van der Waals surface area contributed by atoms with Gasteiger partial charge in [0.2, 0.25) is 0 Å². The van der Waals surface area contributed by atoms with Gasteiger partial charge in [0.1, 0.15) is 46.0 Å².